The second-order valence-corrected chi connectivity index (χ2v) is 6.17. The minimum Gasteiger partial charge on any atom is -0.382 e. The van der Waals surface area contributed by atoms with E-state index in [4.69, 9.17) is 0 Å². The predicted molar refractivity (Wildman–Crippen MR) is 99.0 cm³/mol. The summed E-state index contributed by atoms with van der Waals surface area (Å²) in [6, 6.07) is 10.4. The van der Waals surface area contributed by atoms with Gasteiger partial charge in [-0.2, -0.15) is 0 Å². The summed E-state index contributed by atoms with van der Waals surface area (Å²) in [4.78, 5) is 15.8. The summed E-state index contributed by atoms with van der Waals surface area (Å²) < 4.78 is 0. The number of benzene rings is 1. The summed E-state index contributed by atoms with van der Waals surface area (Å²) >= 11 is 0. The highest BCUT2D eigenvalue weighted by atomic mass is 16.1. The number of nitrogens with one attached hydrogen (secondary N) is 2. The van der Waals surface area contributed by atoms with Crippen LogP contribution in [0.2, 0.25) is 0 Å². The lowest BCUT2D eigenvalue weighted by Gasteiger charge is -2.25. The fourth-order valence-electron chi connectivity index (χ4n) is 3.17. The number of carbonyl (C=O) groups is 1. The Morgan fingerprint density at radius 2 is 2.04 bits per heavy atom. The van der Waals surface area contributed by atoms with Crippen molar-refractivity contribution in [2.75, 3.05) is 10.6 Å². The van der Waals surface area contributed by atoms with E-state index in [1.807, 2.05) is 36.5 Å². The van der Waals surface area contributed by atoms with Gasteiger partial charge in [-0.3, -0.25) is 9.78 Å². The third-order valence-corrected chi connectivity index (χ3v) is 4.41. The van der Waals surface area contributed by atoms with E-state index in [0.717, 1.165) is 22.5 Å². The van der Waals surface area contributed by atoms with Gasteiger partial charge in [0.05, 0.1) is 0 Å². The average molecular weight is 321 g/mol. The molecule has 1 amide bonds. The normalized spacial score (nSPS) is 14.8. The molecular formula is C20H23N3O. The second kappa shape index (κ2) is 7.77. The number of aromatic nitrogens is 1. The van der Waals surface area contributed by atoms with Gasteiger partial charge in [0.15, 0.2) is 0 Å². The molecule has 4 heteroatoms. The molecule has 4 nitrogen and oxygen atoms in total. The first-order valence-corrected chi connectivity index (χ1v) is 8.50. The molecule has 1 saturated carbocycles. The number of rotatable bonds is 5. The summed E-state index contributed by atoms with van der Waals surface area (Å²) in [7, 11) is 0. The molecule has 0 unspecified atom stereocenters. The van der Waals surface area contributed by atoms with Crippen LogP contribution >= 0.6 is 0 Å². The Hall–Kier alpha value is -2.62. The lowest BCUT2D eigenvalue weighted by atomic mass is 9.94. The van der Waals surface area contributed by atoms with Gasteiger partial charge in [0.25, 0.3) is 0 Å². The number of nitrogens with zero attached hydrogens (tertiary/aromatic N) is 1. The molecule has 0 saturated heterocycles. The molecule has 3 rings (SSSR count). The zero-order chi connectivity index (χ0) is 16.8. The highest BCUT2D eigenvalue weighted by molar-refractivity contribution is 5.99. The number of anilines is 2. The van der Waals surface area contributed by atoms with Crippen molar-refractivity contribution in [3.05, 3.63) is 55.4 Å². The molecule has 24 heavy (non-hydrogen) atoms. The SMILES string of the molecule is C=CC(=O)Nc1ccc(NC2CCCCC2)c(-c2cccnc2)c1. The van der Waals surface area contributed by atoms with Crippen molar-refractivity contribution in [1.82, 2.24) is 4.98 Å². The van der Waals surface area contributed by atoms with Crippen LogP contribution in [0.4, 0.5) is 11.4 Å². The predicted octanol–water partition coefficient (Wildman–Crippen LogP) is 4.62. The molecule has 0 aliphatic heterocycles. The zero-order valence-corrected chi connectivity index (χ0v) is 13.8. The van der Waals surface area contributed by atoms with E-state index >= 15 is 0 Å². The molecule has 2 N–H and O–H groups in total. The Kier molecular flexibility index (Phi) is 5.26. The highest BCUT2D eigenvalue weighted by Crippen LogP contribution is 2.32. The van der Waals surface area contributed by atoms with E-state index < -0.39 is 0 Å². The Bertz CT molecular complexity index is 706. The minimum absolute atomic E-state index is 0.208. The van der Waals surface area contributed by atoms with Crippen LogP contribution in [-0.4, -0.2) is 16.9 Å². The topological polar surface area (TPSA) is 54.0 Å². The molecule has 1 fully saturated rings. The Labute approximate surface area is 143 Å². The van der Waals surface area contributed by atoms with Crippen molar-refractivity contribution in [3.63, 3.8) is 0 Å². The Balaban J connectivity index is 1.91. The fraction of sp³-hybridized carbons (Fsp3) is 0.300. The number of hydrogen-bond donors (Lipinski definition) is 2. The van der Waals surface area contributed by atoms with Crippen molar-refractivity contribution in [2.45, 2.75) is 38.1 Å². The van der Waals surface area contributed by atoms with E-state index in [9.17, 15) is 4.79 Å². The summed E-state index contributed by atoms with van der Waals surface area (Å²) in [5.74, 6) is -0.208. The third-order valence-electron chi connectivity index (χ3n) is 4.41. The Morgan fingerprint density at radius 3 is 2.75 bits per heavy atom. The maximum absolute atomic E-state index is 11.6. The third kappa shape index (κ3) is 4.02. The van der Waals surface area contributed by atoms with Gasteiger partial charge in [0.2, 0.25) is 5.91 Å². The minimum atomic E-state index is -0.208. The van der Waals surface area contributed by atoms with E-state index in [1.54, 1.807) is 6.20 Å². The summed E-state index contributed by atoms with van der Waals surface area (Å²) in [5, 5.41) is 6.51. The molecule has 124 valence electrons. The average Bonchev–Trinajstić information content (AvgIpc) is 2.64. The van der Waals surface area contributed by atoms with Crippen LogP contribution in [0.1, 0.15) is 32.1 Å². The van der Waals surface area contributed by atoms with Crippen LogP contribution < -0.4 is 10.6 Å². The van der Waals surface area contributed by atoms with Crippen molar-refractivity contribution in [1.29, 1.82) is 0 Å². The first-order chi connectivity index (χ1) is 11.8. The van der Waals surface area contributed by atoms with Gasteiger partial charge in [-0.05, 0) is 43.2 Å². The highest BCUT2D eigenvalue weighted by Gasteiger charge is 2.15. The first-order valence-electron chi connectivity index (χ1n) is 8.50. The van der Waals surface area contributed by atoms with Gasteiger partial charge in [-0.25, -0.2) is 0 Å². The quantitative estimate of drug-likeness (QED) is 0.790. The van der Waals surface area contributed by atoms with Crippen molar-refractivity contribution in [3.8, 4) is 11.1 Å². The van der Waals surface area contributed by atoms with Crippen LogP contribution in [0.5, 0.6) is 0 Å². The van der Waals surface area contributed by atoms with E-state index in [1.165, 1.54) is 38.2 Å². The first kappa shape index (κ1) is 16.2. The maximum Gasteiger partial charge on any atom is 0.247 e. The molecule has 0 atom stereocenters. The van der Waals surface area contributed by atoms with Gasteiger partial charge in [-0.1, -0.05) is 31.9 Å². The molecule has 0 spiro atoms. The molecule has 1 aromatic heterocycles. The number of hydrogen-bond acceptors (Lipinski definition) is 3. The maximum atomic E-state index is 11.6. The fourth-order valence-corrected chi connectivity index (χ4v) is 3.17. The zero-order valence-electron chi connectivity index (χ0n) is 13.8. The van der Waals surface area contributed by atoms with Crippen LogP contribution in [0.15, 0.2) is 55.4 Å². The largest absolute Gasteiger partial charge is 0.382 e. The van der Waals surface area contributed by atoms with E-state index in [2.05, 4.69) is 22.2 Å². The Morgan fingerprint density at radius 1 is 1.21 bits per heavy atom. The van der Waals surface area contributed by atoms with Crippen LogP contribution in [0, 0.1) is 0 Å². The van der Waals surface area contributed by atoms with Crippen LogP contribution in [0.3, 0.4) is 0 Å². The summed E-state index contributed by atoms with van der Waals surface area (Å²) in [6.45, 7) is 3.50. The number of carbonyl (C=O) groups excluding carboxylic acids is 1. The van der Waals surface area contributed by atoms with Crippen molar-refractivity contribution in [2.24, 2.45) is 0 Å². The lowest BCUT2D eigenvalue weighted by molar-refractivity contribution is -0.111. The summed E-state index contributed by atoms with van der Waals surface area (Å²) in [5.41, 5.74) is 3.93. The molecule has 2 aromatic rings. The molecule has 1 aliphatic carbocycles. The van der Waals surface area contributed by atoms with Crippen molar-refractivity contribution >= 4 is 17.3 Å². The lowest BCUT2D eigenvalue weighted by Crippen LogP contribution is -2.22. The van der Waals surface area contributed by atoms with Crippen molar-refractivity contribution < 1.29 is 4.79 Å². The van der Waals surface area contributed by atoms with E-state index in [0.29, 0.717) is 6.04 Å². The second-order valence-electron chi connectivity index (χ2n) is 6.17. The molecule has 1 aromatic carbocycles. The van der Waals surface area contributed by atoms with Gasteiger partial charge >= 0.3 is 0 Å². The van der Waals surface area contributed by atoms with Gasteiger partial charge in [-0.15, -0.1) is 0 Å². The number of pyridine rings is 1. The van der Waals surface area contributed by atoms with E-state index in [-0.39, 0.29) is 5.91 Å². The van der Waals surface area contributed by atoms with Gasteiger partial charge in [0.1, 0.15) is 0 Å². The van der Waals surface area contributed by atoms with Gasteiger partial charge in [0, 0.05) is 40.9 Å². The molecule has 0 radical (unpaired) electrons. The number of amides is 1. The standard InChI is InChI=1S/C20H23N3O/c1-2-20(24)23-17-10-11-19(22-16-8-4-3-5-9-16)18(13-17)15-7-6-12-21-14-15/h2,6-7,10-14,16,22H,1,3-5,8-9H2,(H,23,24). The van der Waals surface area contributed by atoms with Gasteiger partial charge < -0.3 is 10.6 Å². The molecule has 1 heterocycles. The molecular weight excluding hydrogens is 298 g/mol. The smallest absolute Gasteiger partial charge is 0.247 e. The molecule has 0 bridgehead atoms. The van der Waals surface area contributed by atoms with Crippen LogP contribution in [-0.2, 0) is 4.79 Å². The van der Waals surface area contributed by atoms with Crippen LogP contribution in [0.25, 0.3) is 11.1 Å². The summed E-state index contributed by atoms with van der Waals surface area (Å²) in [6.07, 6.45) is 11.2. The monoisotopic (exact) mass is 321 g/mol. The molecule has 1 aliphatic rings.